The van der Waals surface area contributed by atoms with E-state index >= 15 is 0 Å². The molecule has 0 radical (unpaired) electrons. The van der Waals surface area contributed by atoms with Gasteiger partial charge in [-0.05, 0) is 83.5 Å². The van der Waals surface area contributed by atoms with Gasteiger partial charge in [-0.2, -0.15) is 0 Å². The van der Waals surface area contributed by atoms with Gasteiger partial charge in [-0.15, -0.1) is 0 Å². The molecule has 0 bridgehead atoms. The molecule has 14 heteroatoms. The second-order valence-electron chi connectivity index (χ2n) is 27.8. The highest BCUT2D eigenvalue weighted by molar-refractivity contribution is 5.76. The maximum Gasteiger partial charge on any atom is 0.220 e. The number of amides is 1. The summed E-state index contributed by atoms with van der Waals surface area (Å²) in [7, 11) is 0. The zero-order chi connectivity index (χ0) is 68.7. The molecule has 12 atom stereocenters. The Bertz CT molecular complexity index is 1870. The Morgan fingerprint density at radius 2 is 0.705 bits per heavy atom. The summed E-state index contributed by atoms with van der Waals surface area (Å²) >= 11 is 0. The highest BCUT2D eigenvalue weighted by Gasteiger charge is 2.51. The van der Waals surface area contributed by atoms with Crippen molar-refractivity contribution in [3.05, 3.63) is 72.9 Å². The third-order valence-corrected chi connectivity index (χ3v) is 19.1. The molecule has 2 heterocycles. The van der Waals surface area contributed by atoms with E-state index in [-0.39, 0.29) is 18.9 Å². The normalized spacial score (nSPS) is 22.7. The number of aliphatic hydroxyl groups is 8. The van der Waals surface area contributed by atoms with Crippen LogP contribution in [0.5, 0.6) is 0 Å². The van der Waals surface area contributed by atoms with E-state index in [0.717, 1.165) is 57.8 Å². The molecule has 0 spiro atoms. The third-order valence-electron chi connectivity index (χ3n) is 19.1. The molecule has 9 N–H and O–H groups in total. The van der Waals surface area contributed by atoms with E-state index in [0.29, 0.717) is 12.8 Å². The number of rotatable bonds is 66. The molecule has 0 aromatic carbocycles. The zero-order valence-corrected chi connectivity index (χ0v) is 60.7. The fourth-order valence-electron chi connectivity index (χ4n) is 12.8. The van der Waals surface area contributed by atoms with Crippen LogP contribution in [0.15, 0.2) is 72.9 Å². The number of unbranched alkanes of at least 4 members (excludes halogenated alkanes) is 43. The number of aliphatic hydroxyl groups excluding tert-OH is 8. The Morgan fingerprint density at radius 3 is 1.11 bits per heavy atom. The summed E-state index contributed by atoms with van der Waals surface area (Å²) in [6.45, 7) is 2.80. The molecule has 0 aromatic rings. The third kappa shape index (κ3) is 48.0. The monoisotopic (exact) mass is 1340 g/mol. The Balaban J connectivity index is 1.57. The first-order valence-electron chi connectivity index (χ1n) is 39.7. The van der Waals surface area contributed by atoms with E-state index in [4.69, 9.17) is 18.9 Å². The second kappa shape index (κ2) is 64.8. The van der Waals surface area contributed by atoms with Crippen molar-refractivity contribution in [3.8, 4) is 0 Å². The molecule has 0 aromatic heterocycles. The maximum atomic E-state index is 13.4. The summed E-state index contributed by atoms with van der Waals surface area (Å²) in [6, 6.07) is -0.940. The fraction of sp³-hybridized carbons (Fsp3) is 0.840. The lowest BCUT2D eigenvalue weighted by atomic mass is 9.97. The molecule has 2 aliphatic heterocycles. The van der Waals surface area contributed by atoms with Crippen LogP contribution in [0.3, 0.4) is 0 Å². The molecule has 2 rings (SSSR count). The van der Waals surface area contributed by atoms with Gasteiger partial charge in [-0.1, -0.05) is 324 Å². The molecule has 2 fully saturated rings. The average Bonchev–Trinajstić information content (AvgIpc) is 0.897. The van der Waals surface area contributed by atoms with Crippen LogP contribution in [0.4, 0.5) is 0 Å². The smallest absolute Gasteiger partial charge is 0.220 e. The molecule has 554 valence electrons. The summed E-state index contributed by atoms with van der Waals surface area (Å²) < 4.78 is 22.9. The van der Waals surface area contributed by atoms with Crippen molar-refractivity contribution in [2.75, 3.05) is 19.8 Å². The standard InChI is InChI=1S/C81H147NO13/c1-3-5-7-9-11-13-15-17-19-21-23-25-26-27-28-29-30-31-32-33-34-35-36-37-38-39-40-41-42-43-44-45-47-49-51-53-55-57-59-61-63-65-73(86)82-69(70(85)64-62-60-58-56-54-52-50-48-46-24-22-20-18-16-14-12-10-8-6-4-2)68-92-80-78(91)76(89)79(72(67-84)94-80)95-81-77(90)75(88)74(87)71(66-83)93-81/h15,17,21,23,26-27,46,48,54,56,62,64,69-72,74-81,83-85,87-91H,3-14,16,18-20,22,24-25,28-45,47,49-53,55,57-61,63,65-68H2,1-2H3,(H,82,86)/b17-15-,23-21-,27-26-,48-46+,56-54+,64-62+. The van der Waals surface area contributed by atoms with Crippen molar-refractivity contribution >= 4 is 5.91 Å². The van der Waals surface area contributed by atoms with Crippen LogP contribution in [-0.4, -0.2) is 140 Å². The molecule has 2 saturated heterocycles. The SMILES string of the molecule is CCCCCCC/C=C\C/C=C\C/C=C\CCCCCCCCCCCCCCCCCCCCCCCCCCCCC(=O)NC(COC1OC(CO)C(OC2OC(CO)C(O)C(O)C2O)C(O)C1O)C(O)/C=C/CC/C=C/CC/C=C/CCCCCCCCCCCC. The molecule has 0 saturated carbocycles. The quantitative estimate of drug-likeness (QED) is 0.0204. The van der Waals surface area contributed by atoms with Crippen molar-refractivity contribution in [1.82, 2.24) is 5.32 Å². The van der Waals surface area contributed by atoms with Crippen LogP contribution < -0.4 is 5.32 Å². The lowest BCUT2D eigenvalue weighted by Crippen LogP contribution is -2.65. The van der Waals surface area contributed by atoms with Gasteiger partial charge in [-0.25, -0.2) is 0 Å². The number of hydrogen-bond acceptors (Lipinski definition) is 13. The lowest BCUT2D eigenvalue weighted by molar-refractivity contribution is -0.359. The minimum Gasteiger partial charge on any atom is -0.394 e. The Kier molecular flexibility index (Phi) is 60.4. The summed E-state index contributed by atoms with van der Waals surface area (Å²) in [4.78, 5) is 13.4. The number of nitrogens with one attached hydrogen (secondary N) is 1. The van der Waals surface area contributed by atoms with Crippen LogP contribution in [0.2, 0.25) is 0 Å². The minimum absolute atomic E-state index is 0.248. The minimum atomic E-state index is -1.79. The van der Waals surface area contributed by atoms with E-state index in [1.54, 1.807) is 6.08 Å². The average molecular weight is 1340 g/mol. The lowest BCUT2D eigenvalue weighted by Gasteiger charge is -2.46. The van der Waals surface area contributed by atoms with E-state index in [9.17, 15) is 45.6 Å². The molecule has 95 heavy (non-hydrogen) atoms. The second-order valence-corrected chi connectivity index (χ2v) is 27.8. The summed E-state index contributed by atoms with van der Waals surface area (Å²) in [5, 5.41) is 87.5. The van der Waals surface area contributed by atoms with Crippen LogP contribution in [-0.2, 0) is 23.7 Å². The van der Waals surface area contributed by atoms with Gasteiger partial charge in [-0.3, -0.25) is 4.79 Å². The fourth-order valence-corrected chi connectivity index (χ4v) is 12.8. The topological polar surface area (TPSA) is 228 Å². The van der Waals surface area contributed by atoms with E-state index in [2.05, 4.69) is 79.9 Å². The molecule has 0 aliphatic carbocycles. The van der Waals surface area contributed by atoms with Crippen molar-refractivity contribution in [1.29, 1.82) is 0 Å². The number of ether oxygens (including phenoxy) is 4. The Labute approximate surface area is 580 Å². The predicted molar refractivity (Wildman–Crippen MR) is 392 cm³/mol. The van der Waals surface area contributed by atoms with Crippen LogP contribution in [0.25, 0.3) is 0 Å². The van der Waals surface area contributed by atoms with Crippen molar-refractivity contribution in [3.63, 3.8) is 0 Å². The van der Waals surface area contributed by atoms with Gasteiger partial charge in [0.15, 0.2) is 12.6 Å². The van der Waals surface area contributed by atoms with E-state index in [1.807, 2.05) is 6.08 Å². The van der Waals surface area contributed by atoms with Crippen molar-refractivity contribution in [2.24, 2.45) is 0 Å². The largest absolute Gasteiger partial charge is 0.394 e. The van der Waals surface area contributed by atoms with Crippen molar-refractivity contribution < 1.29 is 64.6 Å². The van der Waals surface area contributed by atoms with Gasteiger partial charge in [0.25, 0.3) is 0 Å². The number of carbonyl (C=O) groups is 1. The molecular formula is C81H147NO13. The highest BCUT2D eigenvalue weighted by Crippen LogP contribution is 2.30. The first kappa shape index (κ1) is 88.5. The summed E-state index contributed by atoms with van der Waals surface area (Å²) in [5.41, 5.74) is 0. The van der Waals surface area contributed by atoms with Gasteiger partial charge in [0.05, 0.1) is 32.0 Å². The first-order chi connectivity index (χ1) is 46.6. The van der Waals surface area contributed by atoms with Gasteiger partial charge in [0.1, 0.15) is 48.8 Å². The van der Waals surface area contributed by atoms with Gasteiger partial charge in [0, 0.05) is 6.42 Å². The first-order valence-corrected chi connectivity index (χ1v) is 39.7. The zero-order valence-electron chi connectivity index (χ0n) is 60.7. The van der Waals surface area contributed by atoms with Gasteiger partial charge >= 0.3 is 0 Å². The van der Waals surface area contributed by atoms with E-state index < -0.39 is 86.8 Å². The van der Waals surface area contributed by atoms with Crippen molar-refractivity contribution in [2.45, 2.75) is 415 Å². The van der Waals surface area contributed by atoms with E-state index in [1.165, 1.54) is 250 Å². The number of hydrogen-bond donors (Lipinski definition) is 9. The molecule has 1 amide bonds. The summed E-state index contributed by atoms with van der Waals surface area (Å²) in [5.74, 6) is -0.248. The van der Waals surface area contributed by atoms with Gasteiger partial charge < -0.3 is 65.1 Å². The number of allylic oxidation sites excluding steroid dienone is 11. The molecule has 2 aliphatic rings. The predicted octanol–water partition coefficient (Wildman–Crippen LogP) is 17.7. The molecule has 14 nitrogen and oxygen atoms in total. The maximum absolute atomic E-state index is 13.4. The number of carbonyl (C=O) groups excluding carboxylic acids is 1. The molecule has 12 unspecified atom stereocenters. The molecular weight excluding hydrogens is 1190 g/mol. The Hall–Kier alpha value is -2.57. The van der Waals surface area contributed by atoms with Gasteiger partial charge in [0.2, 0.25) is 5.91 Å². The van der Waals surface area contributed by atoms with Crippen LogP contribution in [0.1, 0.15) is 341 Å². The van der Waals surface area contributed by atoms with Crippen LogP contribution >= 0.6 is 0 Å². The Morgan fingerprint density at radius 1 is 0.379 bits per heavy atom. The summed E-state index contributed by atoms with van der Waals surface area (Å²) in [6.07, 6.45) is 72.8. The van der Waals surface area contributed by atoms with Crippen LogP contribution in [0, 0.1) is 0 Å². The highest BCUT2D eigenvalue weighted by atomic mass is 16.7.